The fourth-order valence-corrected chi connectivity index (χ4v) is 4.47. The highest BCUT2D eigenvalue weighted by molar-refractivity contribution is 5.62. The summed E-state index contributed by atoms with van der Waals surface area (Å²) in [5.74, 6) is -0.396. The van der Waals surface area contributed by atoms with Crippen LogP contribution in [0.1, 0.15) is 16.7 Å². The van der Waals surface area contributed by atoms with Gasteiger partial charge in [-0.15, -0.1) is 0 Å². The number of nitrogens with one attached hydrogen (secondary N) is 3. The van der Waals surface area contributed by atoms with Gasteiger partial charge in [0.2, 0.25) is 0 Å². The predicted octanol–water partition coefficient (Wildman–Crippen LogP) is 3.13. The van der Waals surface area contributed by atoms with Crippen molar-refractivity contribution >= 4 is 5.69 Å². The molecule has 0 radical (unpaired) electrons. The third kappa shape index (κ3) is 6.00. The molecule has 1 aliphatic rings. The molecule has 1 fully saturated rings. The molecular formula is C30H32FN5O2. The molecule has 4 aromatic rings. The number of aromatic nitrogens is 1. The van der Waals surface area contributed by atoms with Gasteiger partial charge < -0.3 is 20.7 Å². The molecule has 5 rings (SSSR count). The molecule has 6 N–H and O–H groups in total. The topological polar surface area (TPSA) is 114 Å². The van der Waals surface area contributed by atoms with E-state index in [1.165, 1.54) is 11.6 Å². The van der Waals surface area contributed by atoms with Gasteiger partial charge in [0, 0.05) is 25.2 Å². The summed E-state index contributed by atoms with van der Waals surface area (Å²) in [4.78, 5) is 13.5. The molecule has 1 saturated heterocycles. The molecule has 2 unspecified atom stereocenters. The Morgan fingerprint density at radius 2 is 1.74 bits per heavy atom. The maximum atomic E-state index is 14.7. The van der Waals surface area contributed by atoms with Crippen LogP contribution < -0.4 is 27.2 Å². The zero-order valence-electron chi connectivity index (χ0n) is 21.0. The lowest BCUT2D eigenvalue weighted by molar-refractivity contribution is 0.115. The average molecular weight is 514 g/mol. The van der Waals surface area contributed by atoms with Gasteiger partial charge in [0.25, 0.3) is 5.56 Å². The van der Waals surface area contributed by atoms with Crippen LogP contribution in [-0.4, -0.2) is 29.0 Å². The van der Waals surface area contributed by atoms with E-state index in [0.717, 1.165) is 12.0 Å². The minimum absolute atomic E-state index is 0.00714. The highest BCUT2D eigenvalue weighted by Crippen LogP contribution is 2.26. The van der Waals surface area contributed by atoms with Crippen LogP contribution >= 0.6 is 0 Å². The fourth-order valence-electron chi connectivity index (χ4n) is 4.47. The van der Waals surface area contributed by atoms with E-state index in [9.17, 15) is 14.3 Å². The van der Waals surface area contributed by atoms with E-state index < -0.39 is 17.7 Å². The number of pyridine rings is 1. The Morgan fingerprint density at radius 1 is 1.03 bits per heavy atom. The van der Waals surface area contributed by atoms with E-state index in [-0.39, 0.29) is 18.6 Å². The lowest BCUT2D eigenvalue weighted by atomic mass is 10.0. The second kappa shape index (κ2) is 11.3. The van der Waals surface area contributed by atoms with Crippen molar-refractivity contribution in [3.8, 4) is 11.3 Å². The monoisotopic (exact) mass is 513 g/mol. The fraction of sp³-hybridized carbons (Fsp3) is 0.233. The number of hydrogen-bond acceptors (Lipinski definition) is 6. The molecule has 1 aromatic heterocycles. The van der Waals surface area contributed by atoms with Crippen LogP contribution in [0.25, 0.3) is 11.3 Å². The van der Waals surface area contributed by atoms with Crippen molar-refractivity contribution in [3.63, 3.8) is 0 Å². The summed E-state index contributed by atoms with van der Waals surface area (Å²) in [5.41, 5.74) is 9.46. The van der Waals surface area contributed by atoms with Gasteiger partial charge in [0.15, 0.2) is 0 Å². The van der Waals surface area contributed by atoms with Crippen molar-refractivity contribution in [2.24, 2.45) is 5.73 Å². The van der Waals surface area contributed by atoms with Gasteiger partial charge in [0.1, 0.15) is 23.4 Å². The first-order valence-corrected chi connectivity index (χ1v) is 12.7. The first kappa shape index (κ1) is 25.8. The minimum Gasteiger partial charge on any atom is -0.380 e. The Bertz CT molecular complexity index is 1440. The molecule has 7 nitrogen and oxygen atoms in total. The molecule has 3 aromatic carbocycles. The minimum atomic E-state index is -1.08. The molecule has 8 heteroatoms. The van der Waals surface area contributed by atoms with Gasteiger partial charge in [-0.3, -0.25) is 15.4 Å². The maximum Gasteiger partial charge on any atom is 0.274 e. The molecule has 0 spiro atoms. The van der Waals surface area contributed by atoms with E-state index in [1.54, 1.807) is 22.8 Å². The molecule has 2 heterocycles. The van der Waals surface area contributed by atoms with Gasteiger partial charge in [-0.1, -0.05) is 72.8 Å². The van der Waals surface area contributed by atoms with Gasteiger partial charge >= 0.3 is 0 Å². The van der Waals surface area contributed by atoms with Crippen LogP contribution in [0.2, 0.25) is 0 Å². The SMILES string of the molecule is NC1(c2ccc(CNC(O)Cn3c(-c4ccccc4)ccc(NCCc4ccccc4)c3=O)c(F)c2)CN1. The summed E-state index contributed by atoms with van der Waals surface area (Å²) in [5, 5.41) is 20.0. The lowest BCUT2D eigenvalue weighted by Crippen LogP contribution is -2.37. The molecule has 2 atom stereocenters. The van der Waals surface area contributed by atoms with Crippen LogP contribution in [0.15, 0.2) is 95.8 Å². The zero-order chi connectivity index (χ0) is 26.5. The quantitative estimate of drug-likeness (QED) is 0.156. The summed E-state index contributed by atoms with van der Waals surface area (Å²) < 4.78 is 16.2. The lowest BCUT2D eigenvalue weighted by Gasteiger charge is -2.20. The van der Waals surface area contributed by atoms with Crippen LogP contribution in [0.3, 0.4) is 0 Å². The number of nitrogens with two attached hydrogens (primary N) is 1. The van der Waals surface area contributed by atoms with Crippen molar-refractivity contribution in [1.82, 2.24) is 15.2 Å². The van der Waals surface area contributed by atoms with Crippen molar-refractivity contribution < 1.29 is 9.50 Å². The van der Waals surface area contributed by atoms with E-state index >= 15 is 0 Å². The molecule has 0 saturated carbocycles. The molecular weight excluding hydrogens is 481 g/mol. The summed E-state index contributed by atoms with van der Waals surface area (Å²) >= 11 is 0. The third-order valence-corrected chi connectivity index (χ3v) is 6.83. The molecule has 196 valence electrons. The van der Waals surface area contributed by atoms with Crippen LogP contribution in [0, 0.1) is 5.82 Å². The van der Waals surface area contributed by atoms with Gasteiger partial charge in [-0.25, -0.2) is 4.39 Å². The second-order valence-corrected chi connectivity index (χ2v) is 9.60. The van der Waals surface area contributed by atoms with E-state index in [4.69, 9.17) is 5.73 Å². The highest BCUT2D eigenvalue weighted by Gasteiger charge is 2.39. The number of nitrogens with zero attached hydrogens (tertiary/aromatic N) is 1. The van der Waals surface area contributed by atoms with E-state index in [1.807, 2.05) is 66.7 Å². The van der Waals surface area contributed by atoms with Crippen molar-refractivity contribution in [1.29, 1.82) is 0 Å². The number of aliphatic hydroxyl groups excluding tert-OH is 1. The van der Waals surface area contributed by atoms with E-state index in [2.05, 4.69) is 16.0 Å². The Morgan fingerprint density at radius 3 is 2.42 bits per heavy atom. The Balaban J connectivity index is 1.31. The molecule has 0 aliphatic carbocycles. The summed E-state index contributed by atoms with van der Waals surface area (Å²) in [6.45, 7) is 1.30. The highest BCUT2D eigenvalue weighted by atomic mass is 19.1. The third-order valence-electron chi connectivity index (χ3n) is 6.83. The number of hydrogen-bond donors (Lipinski definition) is 5. The average Bonchev–Trinajstić information content (AvgIpc) is 3.69. The van der Waals surface area contributed by atoms with Gasteiger partial charge in [0.05, 0.1) is 12.2 Å². The molecule has 0 bridgehead atoms. The van der Waals surface area contributed by atoms with Gasteiger partial charge in [-0.05, 0) is 41.3 Å². The second-order valence-electron chi connectivity index (χ2n) is 9.60. The number of aliphatic hydroxyl groups is 1. The Kier molecular flexibility index (Phi) is 7.67. The zero-order valence-corrected chi connectivity index (χ0v) is 21.0. The summed E-state index contributed by atoms with van der Waals surface area (Å²) in [7, 11) is 0. The van der Waals surface area contributed by atoms with Crippen LogP contribution in [0.4, 0.5) is 10.1 Å². The molecule has 0 amide bonds. The number of halogens is 1. The molecule has 1 aliphatic heterocycles. The Hall–Kier alpha value is -3.82. The largest absolute Gasteiger partial charge is 0.380 e. The van der Waals surface area contributed by atoms with Gasteiger partial charge in [-0.2, -0.15) is 0 Å². The number of anilines is 1. The first-order chi connectivity index (χ1) is 18.4. The smallest absolute Gasteiger partial charge is 0.274 e. The maximum absolute atomic E-state index is 14.7. The summed E-state index contributed by atoms with van der Waals surface area (Å²) in [6.07, 6.45) is -0.309. The normalized spacial score (nSPS) is 17.2. The molecule has 38 heavy (non-hydrogen) atoms. The van der Waals surface area contributed by atoms with Crippen molar-refractivity contribution in [2.45, 2.75) is 31.4 Å². The van der Waals surface area contributed by atoms with Crippen LogP contribution in [0.5, 0.6) is 0 Å². The van der Waals surface area contributed by atoms with Crippen molar-refractivity contribution in [3.05, 3.63) is 124 Å². The Labute approximate surface area is 221 Å². The van der Waals surface area contributed by atoms with Crippen LogP contribution in [-0.2, 0) is 25.2 Å². The standard InChI is InChI=1S/C30H32FN5O2/c31-25-17-24(30(32)20-35-30)12-11-23(25)18-34-28(37)19-36-27(22-9-5-2-6-10-22)14-13-26(29(36)38)33-16-15-21-7-3-1-4-8-21/h1-14,17,28,33-35,37H,15-16,18-20,32H2. The predicted molar refractivity (Wildman–Crippen MR) is 148 cm³/mol. The van der Waals surface area contributed by atoms with E-state index in [0.29, 0.717) is 35.6 Å². The number of benzene rings is 3. The first-order valence-electron chi connectivity index (χ1n) is 12.7. The summed E-state index contributed by atoms with van der Waals surface area (Å²) in [6, 6.07) is 28.1. The van der Waals surface area contributed by atoms with Crippen molar-refractivity contribution in [2.75, 3.05) is 18.4 Å². The number of rotatable bonds is 11.